The van der Waals surface area contributed by atoms with Gasteiger partial charge < -0.3 is 21.1 Å². The predicted molar refractivity (Wildman–Crippen MR) is 90.9 cm³/mol. The fourth-order valence-electron chi connectivity index (χ4n) is 1.89. The molecular weight excluding hydrogens is 318 g/mol. The highest BCUT2D eigenvalue weighted by Crippen LogP contribution is 2.27. The highest BCUT2D eigenvalue weighted by Gasteiger charge is 2.16. The van der Waals surface area contributed by atoms with Gasteiger partial charge in [-0.15, -0.1) is 0 Å². The van der Waals surface area contributed by atoms with Gasteiger partial charge in [-0.05, 0) is 42.8 Å². The molecule has 2 aromatic rings. The van der Waals surface area contributed by atoms with Crippen LogP contribution in [0.15, 0.2) is 36.4 Å². The molecule has 0 radical (unpaired) electrons. The Bertz CT molecular complexity index is 762. The van der Waals surface area contributed by atoms with Gasteiger partial charge in [-0.25, -0.2) is 0 Å². The predicted octanol–water partition coefficient (Wildman–Crippen LogP) is 2.82. The van der Waals surface area contributed by atoms with E-state index in [0.29, 0.717) is 27.8 Å². The zero-order valence-corrected chi connectivity index (χ0v) is 13.4. The van der Waals surface area contributed by atoms with Crippen LogP contribution in [0.5, 0.6) is 5.75 Å². The second kappa shape index (κ2) is 7.02. The standard InChI is InChI=1S/C16H16ClN3O3/c1-9-3-5-12(18)13(7-9)20-16(22)15(21)19-10-4-6-14(23-2)11(17)8-10/h3-8H,18H2,1-2H3,(H,19,21)(H,20,22). The Hall–Kier alpha value is -2.73. The first kappa shape index (κ1) is 16.6. The molecule has 0 bridgehead atoms. The van der Waals surface area contributed by atoms with Crippen LogP contribution in [0.4, 0.5) is 17.1 Å². The van der Waals surface area contributed by atoms with Crippen LogP contribution < -0.4 is 21.1 Å². The zero-order valence-electron chi connectivity index (χ0n) is 12.6. The molecule has 2 amide bonds. The maximum atomic E-state index is 12.0. The van der Waals surface area contributed by atoms with Gasteiger partial charge in [-0.1, -0.05) is 17.7 Å². The van der Waals surface area contributed by atoms with E-state index in [-0.39, 0.29) is 0 Å². The monoisotopic (exact) mass is 333 g/mol. The van der Waals surface area contributed by atoms with E-state index in [2.05, 4.69) is 10.6 Å². The van der Waals surface area contributed by atoms with Crippen molar-refractivity contribution in [1.29, 1.82) is 0 Å². The third-order valence-corrected chi connectivity index (χ3v) is 3.37. The lowest BCUT2D eigenvalue weighted by atomic mass is 10.2. The highest BCUT2D eigenvalue weighted by atomic mass is 35.5. The molecule has 4 N–H and O–H groups in total. The Morgan fingerprint density at radius 2 is 1.78 bits per heavy atom. The fourth-order valence-corrected chi connectivity index (χ4v) is 2.15. The van der Waals surface area contributed by atoms with E-state index in [1.807, 2.05) is 13.0 Å². The van der Waals surface area contributed by atoms with E-state index in [0.717, 1.165) is 5.56 Å². The minimum Gasteiger partial charge on any atom is -0.495 e. The van der Waals surface area contributed by atoms with Crippen molar-refractivity contribution in [2.75, 3.05) is 23.5 Å². The van der Waals surface area contributed by atoms with Gasteiger partial charge in [-0.3, -0.25) is 9.59 Å². The molecule has 0 aliphatic carbocycles. The van der Waals surface area contributed by atoms with Crippen molar-refractivity contribution < 1.29 is 14.3 Å². The van der Waals surface area contributed by atoms with Gasteiger partial charge in [-0.2, -0.15) is 0 Å². The molecule has 0 atom stereocenters. The molecule has 2 aromatic carbocycles. The second-order valence-electron chi connectivity index (χ2n) is 4.85. The number of rotatable bonds is 3. The average molecular weight is 334 g/mol. The summed E-state index contributed by atoms with van der Waals surface area (Å²) >= 11 is 5.97. The van der Waals surface area contributed by atoms with Gasteiger partial charge in [0.2, 0.25) is 0 Å². The molecule has 7 heteroatoms. The summed E-state index contributed by atoms with van der Waals surface area (Å²) in [6.07, 6.45) is 0. The number of hydrogen-bond acceptors (Lipinski definition) is 4. The van der Waals surface area contributed by atoms with E-state index in [4.69, 9.17) is 22.1 Å². The van der Waals surface area contributed by atoms with Crippen LogP contribution in [0.2, 0.25) is 5.02 Å². The number of halogens is 1. The smallest absolute Gasteiger partial charge is 0.314 e. The van der Waals surface area contributed by atoms with Gasteiger partial charge in [0.1, 0.15) is 5.75 Å². The number of anilines is 3. The van der Waals surface area contributed by atoms with E-state index in [9.17, 15) is 9.59 Å². The molecule has 2 rings (SSSR count). The summed E-state index contributed by atoms with van der Waals surface area (Å²) in [5.74, 6) is -1.18. The first-order valence-corrected chi connectivity index (χ1v) is 7.10. The summed E-state index contributed by atoms with van der Waals surface area (Å²) in [6.45, 7) is 1.86. The maximum absolute atomic E-state index is 12.0. The number of methoxy groups -OCH3 is 1. The molecule has 0 unspecified atom stereocenters. The van der Waals surface area contributed by atoms with Crippen LogP contribution in [0.1, 0.15) is 5.56 Å². The van der Waals surface area contributed by atoms with E-state index in [1.54, 1.807) is 24.3 Å². The Morgan fingerprint density at radius 1 is 1.09 bits per heavy atom. The average Bonchev–Trinajstić information content (AvgIpc) is 2.51. The van der Waals surface area contributed by atoms with Gasteiger partial charge in [0.25, 0.3) is 0 Å². The van der Waals surface area contributed by atoms with Crippen LogP contribution in [-0.4, -0.2) is 18.9 Å². The number of carbonyl (C=O) groups is 2. The van der Waals surface area contributed by atoms with Crippen molar-refractivity contribution >= 4 is 40.5 Å². The van der Waals surface area contributed by atoms with Crippen LogP contribution in [0.3, 0.4) is 0 Å². The van der Waals surface area contributed by atoms with Crippen LogP contribution >= 0.6 is 11.6 Å². The van der Waals surface area contributed by atoms with Crippen LogP contribution in [0, 0.1) is 6.92 Å². The Morgan fingerprint density at radius 3 is 2.43 bits per heavy atom. The first-order valence-electron chi connectivity index (χ1n) is 6.72. The molecular formula is C16H16ClN3O3. The van der Waals surface area contributed by atoms with Crippen molar-refractivity contribution in [3.8, 4) is 5.75 Å². The fraction of sp³-hybridized carbons (Fsp3) is 0.125. The molecule has 120 valence electrons. The number of ether oxygens (including phenoxy) is 1. The Balaban J connectivity index is 2.07. The Kier molecular flexibility index (Phi) is 5.08. The topological polar surface area (TPSA) is 93.4 Å². The number of benzene rings is 2. The summed E-state index contributed by atoms with van der Waals surface area (Å²) in [6, 6.07) is 9.82. The number of carbonyl (C=O) groups excluding carboxylic acids is 2. The summed E-state index contributed by atoms with van der Waals surface area (Å²) in [5, 5.41) is 5.26. The van der Waals surface area contributed by atoms with Gasteiger partial charge in [0, 0.05) is 5.69 Å². The molecule has 0 saturated carbocycles. The second-order valence-corrected chi connectivity index (χ2v) is 5.26. The minimum absolute atomic E-state index is 0.327. The van der Waals surface area contributed by atoms with E-state index < -0.39 is 11.8 Å². The maximum Gasteiger partial charge on any atom is 0.314 e. The summed E-state index contributed by atoms with van der Waals surface area (Å²) < 4.78 is 5.02. The van der Waals surface area contributed by atoms with E-state index in [1.165, 1.54) is 13.2 Å². The third kappa shape index (κ3) is 4.14. The largest absolute Gasteiger partial charge is 0.495 e. The van der Waals surface area contributed by atoms with E-state index >= 15 is 0 Å². The van der Waals surface area contributed by atoms with Crippen molar-refractivity contribution in [1.82, 2.24) is 0 Å². The number of nitrogens with one attached hydrogen (secondary N) is 2. The third-order valence-electron chi connectivity index (χ3n) is 3.07. The van der Waals surface area contributed by atoms with Gasteiger partial charge in [0.05, 0.1) is 23.5 Å². The quantitative estimate of drug-likeness (QED) is 0.594. The summed E-state index contributed by atoms with van der Waals surface area (Å²) in [7, 11) is 1.49. The molecule has 0 aliphatic rings. The molecule has 0 heterocycles. The van der Waals surface area contributed by atoms with Crippen LogP contribution in [-0.2, 0) is 9.59 Å². The lowest BCUT2D eigenvalue weighted by molar-refractivity contribution is -0.132. The van der Waals surface area contributed by atoms with Gasteiger partial charge in [0.15, 0.2) is 0 Å². The molecule has 0 aliphatic heterocycles. The number of nitrogens with two attached hydrogens (primary N) is 1. The number of aryl methyl sites for hydroxylation is 1. The van der Waals surface area contributed by atoms with Crippen molar-refractivity contribution in [2.24, 2.45) is 0 Å². The summed E-state index contributed by atoms with van der Waals surface area (Å²) in [5.41, 5.74) is 7.83. The Labute approximate surface area is 138 Å². The molecule has 0 saturated heterocycles. The molecule has 0 spiro atoms. The zero-order chi connectivity index (χ0) is 17.0. The van der Waals surface area contributed by atoms with Crippen molar-refractivity contribution in [3.63, 3.8) is 0 Å². The van der Waals surface area contributed by atoms with Crippen LogP contribution in [0.25, 0.3) is 0 Å². The first-order chi connectivity index (χ1) is 10.9. The SMILES string of the molecule is COc1ccc(NC(=O)C(=O)Nc2cc(C)ccc2N)cc1Cl. The number of nitrogen functional groups attached to an aromatic ring is 1. The summed E-state index contributed by atoms with van der Waals surface area (Å²) in [4.78, 5) is 23.9. The lowest BCUT2D eigenvalue weighted by Crippen LogP contribution is -2.29. The number of amides is 2. The van der Waals surface area contributed by atoms with Crippen molar-refractivity contribution in [3.05, 3.63) is 47.0 Å². The number of hydrogen-bond donors (Lipinski definition) is 3. The molecule has 0 aromatic heterocycles. The normalized spacial score (nSPS) is 10.0. The van der Waals surface area contributed by atoms with Crippen molar-refractivity contribution in [2.45, 2.75) is 6.92 Å². The van der Waals surface area contributed by atoms with Gasteiger partial charge >= 0.3 is 11.8 Å². The highest BCUT2D eigenvalue weighted by molar-refractivity contribution is 6.44. The molecule has 0 fully saturated rings. The molecule has 6 nitrogen and oxygen atoms in total. The molecule has 23 heavy (non-hydrogen) atoms. The lowest BCUT2D eigenvalue weighted by Gasteiger charge is -2.10. The minimum atomic E-state index is -0.827.